The molecule has 1 aliphatic carbocycles. The predicted molar refractivity (Wildman–Crippen MR) is 116 cm³/mol. The molecule has 0 aliphatic heterocycles. The number of rotatable bonds is 6. The van der Waals surface area contributed by atoms with Crippen molar-refractivity contribution in [3.63, 3.8) is 0 Å². The van der Waals surface area contributed by atoms with Gasteiger partial charge in [-0.2, -0.15) is 0 Å². The zero-order valence-electron chi connectivity index (χ0n) is 17.0. The van der Waals surface area contributed by atoms with Crippen LogP contribution in [0.2, 0.25) is 0 Å². The molecule has 0 saturated heterocycles. The number of ether oxygens (including phenoxy) is 1. The Hall–Kier alpha value is -2.98. The van der Waals surface area contributed by atoms with Crippen molar-refractivity contribution in [3.05, 3.63) is 77.4 Å². The second-order valence-electron chi connectivity index (χ2n) is 7.62. The van der Waals surface area contributed by atoms with Crippen LogP contribution in [0.15, 0.2) is 66.2 Å². The van der Waals surface area contributed by atoms with E-state index in [1.54, 1.807) is 18.2 Å². The number of hydrogen-bond donors (Lipinski definition) is 0. The minimum atomic E-state index is -0.422. The van der Waals surface area contributed by atoms with E-state index in [0.717, 1.165) is 42.5 Å². The van der Waals surface area contributed by atoms with Crippen molar-refractivity contribution in [2.24, 2.45) is 5.92 Å². The van der Waals surface area contributed by atoms with Crippen molar-refractivity contribution in [1.82, 2.24) is 4.90 Å². The zero-order chi connectivity index (χ0) is 20.6. The first-order valence-corrected chi connectivity index (χ1v) is 9.96. The van der Waals surface area contributed by atoms with Crippen LogP contribution in [0, 0.1) is 5.92 Å². The van der Waals surface area contributed by atoms with Crippen LogP contribution in [0.1, 0.15) is 30.4 Å². The Bertz CT molecular complexity index is 895. The van der Waals surface area contributed by atoms with Gasteiger partial charge in [0.15, 0.2) is 5.78 Å². The minimum absolute atomic E-state index is 0.0848. The normalized spacial score (nSPS) is 18.5. The second-order valence-corrected chi connectivity index (χ2v) is 7.62. The third-order valence-electron chi connectivity index (χ3n) is 4.92. The maximum Gasteiger partial charge on any atom is 0.336 e. The summed E-state index contributed by atoms with van der Waals surface area (Å²) in [4.78, 5) is 26.8. The van der Waals surface area contributed by atoms with E-state index < -0.39 is 5.97 Å². The number of esters is 1. The topological polar surface area (TPSA) is 46.6 Å². The molecule has 2 aromatic carbocycles. The van der Waals surface area contributed by atoms with Crippen LogP contribution in [0.4, 0.5) is 0 Å². The van der Waals surface area contributed by atoms with E-state index in [0.29, 0.717) is 5.75 Å². The van der Waals surface area contributed by atoms with Gasteiger partial charge in [-0.05, 0) is 74.3 Å². The Morgan fingerprint density at radius 2 is 1.79 bits per heavy atom. The van der Waals surface area contributed by atoms with Gasteiger partial charge in [-0.25, -0.2) is 4.79 Å². The highest BCUT2D eigenvalue weighted by atomic mass is 16.5. The minimum Gasteiger partial charge on any atom is -0.423 e. The molecular weight excluding hydrogens is 362 g/mol. The summed E-state index contributed by atoms with van der Waals surface area (Å²) >= 11 is 0. The van der Waals surface area contributed by atoms with Gasteiger partial charge in [-0.3, -0.25) is 4.79 Å². The highest BCUT2D eigenvalue weighted by Gasteiger charge is 2.26. The molecule has 0 spiro atoms. The van der Waals surface area contributed by atoms with Crippen LogP contribution in [0.3, 0.4) is 0 Å². The molecule has 1 atom stereocenters. The molecule has 3 rings (SSSR count). The molecule has 0 aromatic heterocycles. The quantitative estimate of drug-likeness (QED) is 0.411. The van der Waals surface area contributed by atoms with Crippen LogP contribution >= 0.6 is 0 Å². The standard InChI is InChI=1S/C25H27NO3/c1-26(2)18-22-10-6-9-21(25(22)28)17-20-11-14-23(15-12-20)29-24(27)16-13-19-7-4-3-5-8-19/h3-5,7-8,11-17,22H,6,9-10,18H2,1-2H3/b16-13+,21-17-. The van der Waals surface area contributed by atoms with E-state index in [9.17, 15) is 9.59 Å². The third kappa shape index (κ3) is 6.26. The molecule has 1 unspecified atom stereocenters. The van der Waals surface area contributed by atoms with Crippen molar-refractivity contribution in [2.75, 3.05) is 20.6 Å². The lowest BCUT2D eigenvalue weighted by molar-refractivity contribution is -0.129. The van der Waals surface area contributed by atoms with E-state index in [4.69, 9.17) is 4.74 Å². The summed E-state index contributed by atoms with van der Waals surface area (Å²) in [7, 11) is 4.00. The van der Waals surface area contributed by atoms with Gasteiger partial charge in [0, 0.05) is 18.5 Å². The van der Waals surface area contributed by atoms with Crippen molar-refractivity contribution in [1.29, 1.82) is 0 Å². The molecule has 4 nitrogen and oxygen atoms in total. The molecule has 0 amide bonds. The predicted octanol–water partition coefficient (Wildman–Crippen LogP) is 4.62. The number of carbonyl (C=O) groups is 2. The number of hydrogen-bond acceptors (Lipinski definition) is 4. The Morgan fingerprint density at radius 3 is 2.48 bits per heavy atom. The summed E-state index contributed by atoms with van der Waals surface area (Å²) < 4.78 is 5.34. The van der Waals surface area contributed by atoms with Crippen LogP contribution in [0.25, 0.3) is 12.2 Å². The molecule has 1 fully saturated rings. The molecule has 4 heteroatoms. The van der Waals surface area contributed by atoms with Gasteiger partial charge in [-0.15, -0.1) is 0 Å². The lowest BCUT2D eigenvalue weighted by Gasteiger charge is -2.25. The Kier molecular flexibility index (Phi) is 7.14. The molecular formula is C25H27NO3. The van der Waals surface area contributed by atoms with Gasteiger partial charge in [0.1, 0.15) is 5.75 Å². The monoisotopic (exact) mass is 389 g/mol. The van der Waals surface area contributed by atoms with Crippen LogP contribution in [-0.4, -0.2) is 37.3 Å². The van der Waals surface area contributed by atoms with Gasteiger partial charge >= 0.3 is 5.97 Å². The largest absolute Gasteiger partial charge is 0.423 e. The summed E-state index contributed by atoms with van der Waals surface area (Å²) in [6.45, 7) is 0.793. The Balaban J connectivity index is 1.61. The summed E-state index contributed by atoms with van der Waals surface area (Å²) in [5, 5.41) is 0. The van der Waals surface area contributed by atoms with E-state index in [2.05, 4.69) is 4.90 Å². The fourth-order valence-electron chi connectivity index (χ4n) is 3.53. The number of ketones is 1. The van der Waals surface area contributed by atoms with Gasteiger partial charge < -0.3 is 9.64 Å². The van der Waals surface area contributed by atoms with Crippen LogP contribution < -0.4 is 4.74 Å². The number of carbonyl (C=O) groups excluding carboxylic acids is 2. The van der Waals surface area contributed by atoms with E-state index in [1.165, 1.54) is 6.08 Å². The number of nitrogens with zero attached hydrogens (tertiary/aromatic N) is 1. The van der Waals surface area contributed by atoms with E-state index >= 15 is 0 Å². The lowest BCUT2D eigenvalue weighted by Crippen LogP contribution is -2.31. The lowest BCUT2D eigenvalue weighted by atomic mass is 9.83. The Morgan fingerprint density at radius 1 is 1.07 bits per heavy atom. The fraction of sp³-hybridized carbons (Fsp3) is 0.280. The SMILES string of the molecule is CN(C)CC1CCC/C(=C/c2ccc(OC(=O)/C=C/c3ccccc3)cc2)C1=O. The second kappa shape index (κ2) is 9.99. The number of Topliss-reactive ketones (excluding diaryl/α,β-unsaturated/α-hetero) is 1. The number of benzene rings is 2. The summed E-state index contributed by atoms with van der Waals surface area (Å²) in [6.07, 6.45) is 7.92. The molecule has 2 aromatic rings. The molecule has 150 valence electrons. The molecule has 29 heavy (non-hydrogen) atoms. The third-order valence-corrected chi connectivity index (χ3v) is 4.92. The highest BCUT2D eigenvalue weighted by molar-refractivity contribution is 6.01. The van der Waals surface area contributed by atoms with E-state index in [1.807, 2.05) is 62.6 Å². The molecule has 0 radical (unpaired) electrons. The van der Waals surface area contributed by atoms with Gasteiger partial charge in [0.2, 0.25) is 0 Å². The zero-order valence-corrected chi connectivity index (χ0v) is 17.0. The van der Waals surface area contributed by atoms with Gasteiger partial charge in [0.25, 0.3) is 0 Å². The molecule has 0 bridgehead atoms. The highest BCUT2D eigenvalue weighted by Crippen LogP contribution is 2.27. The van der Waals surface area contributed by atoms with Crippen molar-refractivity contribution >= 4 is 23.9 Å². The van der Waals surface area contributed by atoms with Crippen LogP contribution in [-0.2, 0) is 9.59 Å². The average Bonchev–Trinajstić information content (AvgIpc) is 2.71. The first-order chi connectivity index (χ1) is 14.0. The molecule has 1 saturated carbocycles. The maximum atomic E-state index is 12.7. The molecule has 0 heterocycles. The average molecular weight is 389 g/mol. The maximum absolute atomic E-state index is 12.7. The summed E-state index contributed by atoms with van der Waals surface area (Å²) in [6, 6.07) is 16.9. The van der Waals surface area contributed by atoms with Crippen molar-refractivity contribution < 1.29 is 14.3 Å². The van der Waals surface area contributed by atoms with Gasteiger partial charge in [-0.1, -0.05) is 42.5 Å². The van der Waals surface area contributed by atoms with Crippen molar-refractivity contribution in [2.45, 2.75) is 19.3 Å². The van der Waals surface area contributed by atoms with Crippen molar-refractivity contribution in [3.8, 4) is 5.75 Å². The summed E-state index contributed by atoms with van der Waals surface area (Å²) in [5.41, 5.74) is 2.77. The van der Waals surface area contributed by atoms with E-state index in [-0.39, 0.29) is 11.7 Å². The smallest absolute Gasteiger partial charge is 0.336 e. The molecule has 0 N–H and O–H groups in total. The Labute approximate surface area is 172 Å². The van der Waals surface area contributed by atoms with Gasteiger partial charge in [0.05, 0.1) is 0 Å². The first-order valence-electron chi connectivity index (χ1n) is 9.96. The summed E-state index contributed by atoms with van der Waals surface area (Å²) in [5.74, 6) is 0.400. The van der Waals surface area contributed by atoms with Crippen LogP contribution in [0.5, 0.6) is 5.75 Å². The molecule has 1 aliphatic rings. The number of allylic oxidation sites excluding steroid dienone is 1. The fourth-order valence-corrected chi connectivity index (χ4v) is 3.53. The first kappa shape index (κ1) is 20.7.